The van der Waals surface area contributed by atoms with Crippen molar-refractivity contribution < 1.29 is 4.74 Å². The summed E-state index contributed by atoms with van der Waals surface area (Å²) in [5.41, 5.74) is 2.46. The minimum Gasteiger partial charge on any atom is -0.478 e. The summed E-state index contributed by atoms with van der Waals surface area (Å²) in [4.78, 5) is 4.27. The molecule has 0 fully saturated rings. The van der Waals surface area contributed by atoms with Gasteiger partial charge in [-0.3, -0.25) is 0 Å². The van der Waals surface area contributed by atoms with Gasteiger partial charge < -0.3 is 4.74 Å². The van der Waals surface area contributed by atoms with Crippen LogP contribution in [0, 0.1) is 0 Å². The first-order valence-electron chi connectivity index (χ1n) is 4.83. The quantitative estimate of drug-likeness (QED) is 0.651. The van der Waals surface area contributed by atoms with E-state index < -0.39 is 0 Å². The molecular formula is C12H13NO. The van der Waals surface area contributed by atoms with Crippen molar-refractivity contribution in [3.05, 3.63) is 47.4 Å². The lowest BCUT2D eigenvalue weighted by molar-refractivity contribution is 0.227. The van der Waals surface area contributed by atoms with Crippen molar-refractivity contribution in [2.45, 2.75) is 13.3 Å². The third-order valence-corrected chi connectivity index (χ3v) is 2.10. The number of rotatable bonds is 2. The van der Waals surface area contributed by atoms with Gasteiger partial charge in [0.05, 0.1) is 6.61 Å². The van der Waals surface area contributed by atoms with Crippen LogP contribution in [0.1, 0.15) is 13.3 Å². The molecule has 0 aromatic rings. The summed E-state index contributed by atoms with van der Waals surface area (Å²) in [6, 6.07) is 0. The maximum Gasteiger partial charge on any atom is 0.213 e. The maximum absolute atomic E-state index is 5.38. The van der Waals surface area contributed by atoms with Gasteiger partial charge in [-0.15, -0.1) is 0 Å². The van der Waals surface area contributed by atoms with Gasteiger partial charge in [-0.2, -0.15) is 0 Å². The molecule has 1 aliphatic carbocycles. The van der Waals surface area contributed by atoms with Gasteiger partial charge in [0.25, 0.3) is 0 Å². The first-order valence-corrected chi connectivity index (χ1v) is 4.83. The van der Waals surface area contributed by atoms with Crippen molar-refractivity contribution in [2.75, 3.05) is 6.61 Å². The van der Waals surface area contributed by atoms with E-state index in [1.165, 1.54) is 11.1 Å². The van der Waals surface area contributed by atoms with Crippen LogP contribution in [0.3, 0.4) is 0 Å². The Hall–Kier alpha value is -1.57. The normalized spacial score (nSPS) is 19.1. The van der Waals surface area contributed by atoms with E-state index in [0.717, 1.165) is 6.42 Å². The van der Waals surface area contributed by atoms with Gasteiger partial charge in [0.2, 0.25) is 5.88 Å². The molecular weight excluding hydrogens is 174 g/mol. The van der Waals surface area contributed by atoms with Crippen LogP contribution in [-0.2, 0) is 4.74 Å². The SMILES string of the molecule is CCOC1=CC2=CC=CC=C(C=N1)C2. The van der Waals surface area contributed by atoms with Crippen LogP contribution in [0.15, 0.2) is 52.4 Å². The Morgan fingerprint density at radius 1 is 1.29 bits per heavy atom. The number of fused-ring (bicyclic) bond motifs is 2. The molecule has 0 amide bonds. The molecule has 0 atom stereocenters. The highest BCUT2D eigenvalue weighted by Gasteiger charge is 2.06. The predicted molar refractivity (Wildman–Crippen MR) is 58.1 cm³/mol. The smallest absolute Gasteiger partial charge is 0.213 e. The van der Waals surface area contributed by atoms with Crippen LogP contribution >= 0.6 is 0 Å². The third kappa shape index (κ3) is 2.02. The molecule has 0 aromatic heterocycles. The molecule has 1 heterocycles. The lowest BCUT2D eigenvalue weighted by atomic mass is 10.1. The molecule has 2 nitrogen and oxygen atoms in total. The highest BCUT2D eigenvalue weighted by molar-refractivity contribution is 5.81. The summed E-state index contributed by atoms with van der Waals surface area (Å²) >= 11 is 0. The van der Waals surface area contributed by atoms with Gasteiger partial charge in [-0.25, -0.2) is 4.99 Å². The van der Waals surface area contributed by atoms with E-state index >= 15 is 0 Å². The summed E-state index contributed by atoms with van der Waals surface area (Å²) in [7, 11) is 0. The molecule has 2 rings (SSSR count). The van der Waals surface area contributed by atoms with Crippen molar-refractivity contribution in [1.29, 1.82) is 0 Å². The highest BCUT2D eigenvalue weighted by Crippen LogP contribution is 2.20. The van der Waals surface area contributed by atoms with E-state index in [0.29, 0.717) is 12.5 Å². The number of hydrogen-bond acceptors (Lipinski definition) is 2. The Morgan fingerprint density at radius 2 is 2.07 bits per heavy atom. The van der Waals surface area contributed by atoms with E-state index in [9.17, 15) is 0 Å². The molecule has 0 saturated heterocycles. The van der Waals surface area contributed by atoms with E-state index in [4.69, 9.17) is 4.74 Å². The van der Waals surface area contributed by atoms with Gasteiger partial charge in [0.1, 0.15) is 0 Å². The second-order valence-corrected chi connectivity index (χ2v) is 3.22. The molecule has 0 aromatic carbocycles. The Morgan fingerprint density at radius 3 is 2.86 bits per heavy atom. The third-order valence-electron chi connectivity index (χ3n) is 2.10. The van der Waals surface area contributed by atoms with Crippen LogP contribution in [0.4, 0.5) is 0 Å². The Bertz CT molecular complexity index is 370. The summed E-state index contributed by atoms with van der Waals surface area (Å²) in [6.07, 6.45) is 13.1. The minimum absolute atomic E-state index is 0.658. The maximum atomic E-state index is 5.38. The second-order valence-electron chi connectivity index (χ2n) is 3.22. The van der Waals surface area contributed by atoms with Gasteiger partial charge in [0.15, 0.2) is 0 Å². The fraction of sp³-hybridized carbons (Fsp3) is 0.250. The first kappa shape index (κ1) is 9.00. The Balaban J connectivity index is 2.32. The van der Waals surface area contributed by atoms with Crippen LogP contribution < -0.4 is 0 Å². The van der Waals surface area contributed by atoms with Crippen LogP contribution in [0.25, 0.3) is 0 Å². The summed E-state index contributed by atoms with van der Waals surface area (Å²) in [5.74, 6) is 0.706. The largest absolute Gasteiger partial charge is 0.478 e. The number of aliphatic imine (C=N–C) groups is 1. The van der Waals surface area contributed by atoms with Crippen molar-refractivity contribution in [1.82, 2.24) is 0 Å². The lowest BCUT2D eigenvalue weighted by Crippen LogP contribution is -1.88. The minimum atomic E-state index is 0.658. The number of hydrogen-bond donors (Lipinski definition) is 0. The first-order chi connectivity index (χ1) is 6.88. The predicted octanol–water partition coefficient (Wildman–Crippen LogP) is 2.76. The van der Waals surface area contributed by atoms with Crippen molar-refractivity contribution in [2.24, 2.45) is 4.99 Å². The molecule has 2 bridgehead atoms. The molecule has 14 heavy (non-hydrogen) atoms. The van der Waals surface area contributed by atoms with E-state index in [-0.39, 0.29) is 0 Å². The molecule has 2 heteroatoms. The zero-order valence-corrected chi connectivity index (χ0v) is 8.23. The molecule has 2 aliphatic rings. The topological polar surface area (TPSA) is 21.6 Å². The van der Waals surface area contributed by atoms with Crippen molar-refractivity contribution >= 4 is 6.21 Å². The zero-order chi connectivity index (χ0) is 9.80. The molecule has 72 valence electrons. The molecule has 0 saturated carbocycles. The van der Waals surface area contributed by atoms with E-state index in [1.54, 1.807) is 0 Å². The van der Waals surface area contributed by atoms with Gasteiger partial charge in [-0.05, 0) is 24.5 Å². The van der Waals surface area contributed by atoms with Gasteiger partial charge >= 0.3 is 0 Å². The van der Waals surface area contributed by atoms with E-state index in [2.05, 4.69) is 17.1 Å². The number of allylic oxidation sites excluding steroid dienone is 7. The van der Waals surface area contributed by atoms with Crippen LogP contribution in [-0.4, -0.2) is 12.8 Å². The van der Waals surface area contributed by atoms with E-state index in [1.807, 2.05) is 31.4 Å². The Labute approximate surface area is 84.0 Å². The fourth-order valence-electron chi connectivity index (χ4n) is 1.47. The van der Waals surface area contributed by atoms with Crippen LogP contribution in [0.2, 0.25) is 0 Å². The molecule has 0 spiro atoms. The summed E-state index contributed by atoms with van der Waals surface area (Å²) < 4.78 is 5.38. The second kappa shape index (κ2) is 4.09. The standard InChI is InChI=1S/C12H13NO/c1-2-14-12-8-10-5-3-4-6-11(7-10)9-13-12/h3-6,8-9H,2,7H2,1H3. The monoisotopic (exact) mass is 187 g/mol. The zero-order valence-electron chi connectivity index (χ0n) is 8.23. The number of nitrogens with zero attached hydrogens (tertiary/aromatic N) is 1. The van der Waals surface area contributed by atoms with Crippen molar-refractivity contribution in [3.8, 4) is 0 Å². The van der Waals surface area contributed by atoms with Crippen LogP contribution in [0.5, 0.6) is 0 Å². The fourth-order valence-corrected chi connectivity index (χ4v) is 1.47. The summed E-state index contributed by atoms with van der Waals surface area (Å²) in [5, 5.41) is 0. The molecule has 0 radical (unpaired) electrons. The van der Waals surface area contributed by atoms with Crippen molar-refractivity contribution in [3.63, 3.8) is 0 Å². The molecule has 0 unspecified atom stereocenters. The Kier molecular flexibility index (Phi) is 2.63. The average Bonchev–Trinajstić information content (AvgIpc) is 2.50. The number of ether oxygens (including phenoxy) is 1. The molecule has 0 N–H and O–H groups in total. The molecule has 1 aliphatic heterocycles. The summed E-state index contributed by atoms with van der Waals surface area (Å²) in [6.45, 7) is 2.62. The lowest BCUT2D eigenvalue weighted by Gasteiger charge is -2.01. The highest BCUT2D eigenvalue weighted by atomic mass is 16.5. The van der Waals surface area contributed by atoms with Gasteiger partial charge in [-0.1, -0.05) is 24.3 Å². The van der Waals surface area contributed by atoms with Gasteiger partial charge in [0, 0.05) is 12.3 Å². The average molecular weight is 187 g/mol.